The number of rotatable bonds is 2. The molecule has 0 fully saturated rings. The first-order valence-electron chi connectivity index (χ1n) is 6.18. The summed E-state index contributed by atoms with van der Waals surface area (Å²) in [6.45, 7) is 4.31. The highest BCUT2D eigenvalue weighted by Crippen LogP contribution is 2.41. The van der Waals surface area contributed by atoms with Crippen molar-refractivity contribution in [3.8, 4) is 0 Å². The van der Waals surface area contributed by atoms with Crippen LogP contribution in [0.1, 0.15) is 29.0 Å². The lowest BCUT2D eigenvalue weighted by Crippen LogP contribution is -1.96. The van der Waals surface area contributed by atoms with Gasteiger partial charge in [-0.1, -0.05) is 61.2 Å². The lowest BCUT2D eigenvalue weighted by Gasteiger charge is -2.15. The maximum Gasteiger partial charge on any atom is 0.00952 e. The zero-order chi connectivity index (χ0) is 11.7. The molecule has 84 valence electrons. The summed E-state index contributed by atoms with van der Waals surface area (Å²) in [5.74, 6) is 0.508. The molecule has 0 heterocycles. The normalized spacial score (nSPS) is 17.8. The topological polar surface area (TPSA) is 0 Å². The van der Waals surface area contributed by atoms with E-state index in [9.17, 15) is 0 Å². The highest BCUT2D eigenvalue weighted by molar-refractivity contribution is 5.71. The van der Waals surface area contributed by atoms with Crippen LogP contribution in [0, 0.1) is 0 Å². The van der Waals surface area contributed by atoms with Crippen molar-refractivity contribution in [3.63, 3.8) is 0 Å². The van der Waals surface area contributed by atoms with Crippen LogP contribution in [0.3, 0.4) is 0 Å². The van der Waals surface area contributed by atoms with E-state index in [-0.39, 0.29) is 0 Å². The van der Waals surface area contributed by atoms with Gasteiger partial charge >= 0.3 is 0 Å². The summed E-state index contributed by atoms with van der Waals surface area (Å²) in [7, 11) is 0. The van der Waals surface area contributed by atoms with Crippen molar-refractivity contribution < 1.29 is 0 Å². The van der Waals surface area contributed by atoms with Crippen LogP contribution in [-0.2, 0) is 6.42 Å². The molecule has 1 unspecified atom stereocenters. The highest BCUT2D eigenvalue weighted by atomic mass is 14.3. The summed E-state index contributed by atoms with van der Waals surface area (Å²) in [5.41, 5.74) is 5.50. The fraction of sp³-hybridized carbons (Fsp3) is 0.176. The Labute approximate surface area is 103 Å². The molecule has 0 heteroatoms. The van der Waals surface area contributed by atoms with E-state index >= 15 is 0 Å². The van der Waals surface area contributed by atoms with Crippen molar-refractivity contribution in [2.24, 2.45) is 0 Å². The molecule has 0 aliphatic heterocycles. The second-order valence-corrected chi connectivity index (χ2v) is 4.68. The molecule has 0 amide bonds. The molecule has 0 saturated heterocycles. The number of benzene rings is 2. The SMILES string of the molecule is C=C(c1ccccc1)C1CCc2ccccc21. The van der Waals surface area contributed by atoms with E-state index in [0.29, 0.717) is 5.92 Å². The molecule has 17 heavy (non-hydrogen) atoms. The monoisotopic (exact) mass is 220 g/mol. The summed E-state index contributed by atoms with van der Waals surface area (Å²) in [4.78, 5) is 0. The second-order valence-electron chi connectivity index (χ2n) is 4.68. The third kappa shape index (κ3) is 1.80. The van der Waals surface area contributed by atoms with E-state index < -0.39 is 0 Å². The van der Waals surface area contributed by atoms with Gasteiger partial charge in [0.15, 0.2) is 0 Å². The molecular formula is C17H16. The van der Waals surface area contributed by atoms with Gasteiger partial charge in [-0.05, 0) is 35.1 Å². The van der Waals surface area contributed by atoms with Crippen molar-refractivity contribution in [2.75, 3.05) is 0 Å². The van der Waals surface area contributed by atoms with Crippen molar-refractivity contribution in [3.05, 3.63) is 77.9 Å². The maximum atomic E-state index is 4.31. The van der Waals surface area contributed by atoms with Crippen LogP contribution in [0.25, 0.3) is 5.57 Å². The first-order valence-corrected chi connectivity index (χ1v) is 6.18. The fourth-order valence-electron chi connectivity index (χ4n) is 2.77. The second kappa shape index (κ2) is 4.21. The first kappa shape index (κ1) is 10.3. The quantitative estimate of drug-likeness (QED) is 0.702. The van der Waals surface area contributed by atoms with Gasteiger partial charge in [-0.3, -0.25) is 0 Å². The average molecular weight is 220 g/mol. The Morgan fingerprint density at radius 2 is 1.65 bits per heavy atom. The number of hydrogen-bond donors (Lipinski definition) is 0. The van der Waals surface area contributed by atoms with Gasteiger partial charge in [-0.15, -0.1) is 0 Å². The Bertz CT molecular complexity index is 537. The van der Waals surface area contributed by atoms with Gasteiger partial charge in [0.25, 0.3) is 0 Å². The minimum atomic E-state index is 0.508. The number of aryl methyl sites for hydroxylation is 1. The smallest absolute Gasteiger partial charge is 0.00952 e. The van der Waals surface area contributed by atoms with Crippen molar-refractivity contribution >= 4 is 5.57 Å². The van der Waals surface area contributed by atoms with Crippen LogP contribution >= 0.6 is 0 Å². The highest BCUT2D eigenvalue weighted by Gasteiger charge is 2.24. The van der Waals surface area contributed by atoms with E-state index in [0.717, 1.165) is 0 Å². The summed E-state index contributed by atoms with van der Waals surface area (Å²) < 4.78 is 0. The Morgan fingerprint density at radius 3 is 2.47 bits per heavy atom. The number of hydrogen-bond acceptors (Lipinski definition) is 0. The van der Waals surface area contributed by atoms with Crippen LogP contribution in [0.5, 0.6) is 0 Å². The van der Waals surface area contributed by atoms with E-state index in [1.165, 1.54) is 35.1 Å². The maximum absolute atomic E-state index is 4.31. The summed E-state index contributed by atoms with van der Waals surface area (Å²) in [6, 6.07) is 19.3. The number of allylic oxidation sites excluding steroid dienone is 1. The van der Waals surface area contributed by atoms with Crippen molar-refractivity contribution in [2.45, 2.75) is 18.8 Å². The van der Waals surface area contributed by atoms with E-state index in [1.54, 1.807) is 0 Å². The third-order valence-corrected chi connectivity index (χ3v) is 3.70. The standard InChI is InChI=1S/C17H16/c1-13(14-7-3-2-4-8-14)16-12-11-15-9-5-6-10-17(15)16/h2-10,16H,1,11-12H2. The lowest BCUT2D eigenvalue weighted by molar-refractivity contribution is 0.831. The predicted octanol–water partition coefficient (Wildman–Crippen LogP) is 4.43. The van der Waals surface area contributed by atoms with Crippen LogP contribution < -0.4 is 0 Å². The Balaban J connectivity index is 1.95. The molecular weight excluding hydrogens is 204 g/mol. The van der Waals surface area contributed by atoms with Crippen LogP contribution in [0.4, 0.5) is 0 Å². The van der Waals surface area contributed by atoms with Crippen LogP contribution in [0.15, 0.2) is 61.2 Å². The van der Waals surface area contributed by atoms with Gasteiger partial charge in [0.1, 0.15) is 0 Å². The average Bonchev–Trinajstić information content (AvgIpc) is 2.83. The van der Waals surface area contributed by atoms with E-state index in [2.05, 4.69) is 61.2 Å². The molecule has 0 aromatic heterocycles. The third-order valence-electron chi connectivity index (χ3n) is 3.70. The van der Waals surface area contributed by atoms with E-state index in [1.807, 2.05) is 0 Å². The fourth-order valence-corrected chi connectivity index (χ4v) is 2.77. The van der Waals surface area contributed by atoms with Crippen molar-refractivity contribution in [1.29, 1.82) is 0 Å². The van der Waals surface area contributed by atoms with Gasteiger partial charge in [0.2, 0.25) is 0 Å². The van der Waals surface area contributed by atoms with Gasteiger partial charge in [-0.2, -0.15) is 0 Å². The Hall–Kier alpha value is -1.82. The minimum absolute atomic E-state index is 0.508. The van der Waals surface area contributed by atoms with Gasteiger partial charge in [-0.25, -0.2) is 0 Å². The van der Waals surface area contributed by atoms with Crippen LogP contribution in [0.2, 0.25) is 0 Å². The lowest BCUT2D eigenvalue weighted by atomic mass is 9.89. The largest absolute Gasteiger partial charge is 0.0946 e. The van der Waals surface area contributed by atoms with Crippen molar-refractivity contribution in [1.82, 2.24) is 0 Å². The molecule has 2 aromatic rings. The molecule has 3 rings (SSSR count). The zero-order valence-electron chi connectivity index (χ0n) is 9.89. The van der Waals surface area contributed by atoms with Gasteiger partial charge in [0, 0.05) is 5.92 Å². The molecule has 0 bridgehead atoms. The molecule has 0 saturated carbocycles. The Morgan fingerprint density at radius 1 is 0.941 bits per heavy atom. The van der Waals surface area contributed by atoms with Gasteiger partial charge in [0.05, 0.1) is 0 Å². The first-order chi connectivity index (χ1) is 8.36. The minimum Gasteiger partial charge on any atom is -0.0946 e. The Kier molecular flexibility index (Phi) is 2.56. The van der Waals surface area contributed by atoms with Crippen LogP contribution in [-0.4, -0.2) is 0 Å². The molecule has 1 aliphatic carbocycles. The molecule has 0 spiro atoms. The summed E-state index contributed by atoms with van der Waals surface area (Å²) >= 11 is 0. The summed E-state index contributed by atoms with van der Waals surface area (Å²) in [5, 5.41) is 0. The molecule has 0 N–H and O–H groups in total. The van der Waals surface area contributed by atoms with Gasteiger partial charge < -0.3 is 0 Å². The molecule has 1 aliphatic rings. The van der Waals surface area contributed by atoms with E-state index in [4.69, 9.17) is 0 Å². The molecule has 1 atom stereocenters. The zero-order valence-corrected chi connectivity index (χ0v) is 9.89. The molecule has 0 nitrogen and oxygen atoms in total. The molecule has 2 aromatic carbocycles. The molecule has 0 radical (unpaired) electrons. The number of fused-ring (bicyclic) bond motifs is 1. The summed E-state index contributed by atoms with van der Waals surface area (Å²) in [6.07, 6.45) is 2.39. The predicted molar refractivity (Wildman–Crippen MR) is 73.0 cm³/mol.